The molecule has 0 radical (unpaired) electrons. The monoisotopic (exact) mass is 346 g/mol. The molecule has 0 atom stereocenters. The topological polar surface area (TPSA) is 44.8 Å². The van der Waals surface area contributed by atoms with Crippen LogP contribution >= 0.6 is 11.6 Å². The SMILES string of the molecule is COCCOc1ccc(C(=O)/C=C/c2cccc(Cl)c2)cc1OC. The molecule has 5 heteroatoms. The molecule has 2 aromatic carbocycles. The van der Waals surface area contributed by atoms with E-state index in [1.165, 1.54) is 13.2 Å². The largest absolute Gasteiger partial charge is 0.493 e. The van der Waals surface area contributed by atoms with E-state index in [-0.39, 0.29) is 5.78 Å². The Morgan fingerprint density at radius 2 is 1.92 bits per heavy atom. The molecule has 0 spiro atoms. The molecular formula is C19H19ClO4. The predicted molar refractivity (Wildman–Crippen MR) is 95.2 cm³/mol. The Balaban J connectivity index is 2.11. The standard InChI is InChI=1S/C19H19ClO4/c1-22-10-11-24-18-9-7-15(13-19(18)23-2)17(21)8-6-14-4-3-5-16(20)12-14/h3-9,12-13H,10-11H2,1-2H3/b8-6+. The van der Waals surface area contributed by atoms with Crippen LogP contribution in [0.25, 0.3) is 6.08 Å². The molecule has 0 aliphatic rings. The number of hydrogen-bond donors (Lipinski definition) is 0. The Hall–Kier alpha value is -2.30. The van der Waals surface area contributed by atoms with E-state index in [9.17, 15) is 4.79 Å². The molecule has 0 bridgehead atoms. The van der Waals surface area contributed by atoms with Gasteiger partial charge >= 0.3 is 0 Å². The van der Waals surface area contributed by atoms with Crippen molar-refractivity contribution in [1.29, 1.82) is 0 Å². The maximum absolute atomic E-state index is 12.3. The van der Waals surface area contributed by atoms with E-state index in [1.54, 1.807) is 43.5 Å². The minimum atomic E-state index is -0.128. The van der Waals surface area contributed by atoms with Crippen LogP contribution in [0.15, 0.2) is 48.5 Å². The maximum Gasteiger partial charge on any atom is 0.185 e. The summed E-state index contributed by atoms with van der Waals surface area (Å²) in [4.78, 5) is 12.3. The molecule has 126 valence electrons. The fraction of sp³-hybridized carbons (Fsp3) is 0.211. The second-order valence-electron chi connectivity index (χ2n) is 4.96. The first-order chi connectivity index (χ1) is 11.6. The molecule has 0 heterocycles. The summed E-state index contributed by atoms with van der Waals surface area (Å²) in [6.45, 7) is 0.890. The van der Waals surface area contributed by atoms with Gasteiger partial charge < -0.3 is 14.2 Å². The Labute approximate surface area is 146 Å². The third kappa shape index (κ3) is 5.11. The molecule has 4 nitrogen and oxygen atoms in total. The molecule has 0 unspecified atom stereocenters. The predicted octanol–water partition coefficient (Wildman–Crippen LogP) is 4.27. The van der Waals surface area contributed by atoms with Gasteiger partial charge in [0.15, 0.2) is 17.3 Å². The van der Waals surface area contributed by atoms with Crippen LogP contribution in [-0.2, 0) is 4.74 Å². The summed E-state index contributed by atoms with van der Waals surface area (Å²) in [5.41, 5.74) is 1.38. The van der Waals surface area contributed by atoms with Crippen LogP contribution in [-0.4, -0.2) is 33.2 Å². The summed E-state index contributed by atoms with van der Waals surface area (Å²) in [5.74, 6) is 0.953. The van der Waals surface area contributed by atoms with Crippen LogP contribution < -0.4 is 9.47 Å². The zero-order valence-electron chi connectivity index (χ0n) is 13.6. The van der Waals surface area contributed by atoms with E-state index < -0.39 is 0 Å². The van der Waals surface area contributed by atoms with E-state index in [1.807, 2.05) is 12.1 Å². The highest BCUT2D eigenvalue weighted by molar-refractivity contribution is 6.30. The Morgan fingerprint density at radius 1 is 1.08 bits per heavy atom. The smallest absolute Gasteiger partial charge is 0.185 e. The quantitative estimate of drug-likeness (QED) is 0.407. The van der Waals surface area contributed by atoms with Gasteiger partial charge in [-0.25, -0.2) is 0 Å². The van der Waals surface area contributed by atoms with Gasteiger partial charge in [0, 0.05) is 17.7 Å². The maximum atomic E-state index is 12.3. The fourth-order valence-electron chi connectivity index (χ4n) is 2.05. The van der Waals surface area contributed by atoms with E-state index in [2.05, 4.69) is 0 Å². The van der Waals surface area contributed by atoms with Gasteiger partial charge in [-0.1, -0.05) is 29.8 Å². The average Bonchev–Trinajstić information content (AvgIpc) is 2.60. The molecule has 0 aromatic heterocycles. The number of benzene rings is 2. The normalized spacial score (nSPS) is 10.8. The number of carbonyl (C=O) groups is 1. The minimum Gasteiger partial charge on any atom is -0.493 e. The molecule has 24 heavy (non-hydrogen) atoms. The van der Waals surface area contributed by atoms with Gasteiger partial charge in [-0.05, 0) is 42.0 Å². The van der Waals surface area contributed by atoms with Crippen molar-refractivity contribution in [3.05, 3.63) is 64.7 Å². The van der Waals surface area contributed by atoms with Gasteiger partial charge in [0.05, 0.1) is 13.7 Å². The highest BCUT2D eigenvalue weighted by atomic mass is 35.5. The Morgan fingerprint density at radius 3 is 2.62 bits per heavy atom. The highest BCUT2D eigenvalue weighted by Gasteiger charge is 2.09. The second kappa shape index (κ2) is 9.11. The summed E-state index contributed by atoms with van der Waals surface area (Å²) in [6.07, 6.45) is 3.23. The number of hydrogen-bond acceptors (Lipinski definition) is 4. The van der Waals surface area contributed by atoms with Crippen LogP contribution in [0.5, 0.6) is 11.5 Å². The van der Waals surface area contributed by atoms with Crippen molar-refractivity contribution < 1.29 is 19.0 Å². The Bertz CT molecular complexity index is 725. The van der Waals surface area contributed by atoms with Crippen LogP contribution in [0.3, 0.4) is 0 Å². The molecule has 2 aromatic rings. The number of ketones is 1. The average molecular weight is 347 g/mol. The summed E-state index contributed by atoms with van der Waals surface area (Å²) in [6, 6.07) is 12.4. The van der Waals surface area contributed by atoms with Gasteiger partial charge in [-0.15, -0.1) is 0 Å². The third-order valence-electron chi connectivity index (χ3n) is 3.27. The van der Waals surface area contributed by atoms with Gasteiger partial charge in [0.25, 0.3) is 0 Å². The van der Waals surface area contributed by atoms with E-state index in [0.29, 0.717) is 35.3 Å². The lowest BCUT2D eigenvalue weighted by molar-refractivity contribution is 0.104. The summed E-state index contributed by atoms with van der Waals surface area (Å²) in [7, 11) is 3.14. The molecule has 0 amide bonds. The van der Waals surface area contributed by atoms with Crippen LogP contribution in [0.1, 0.15) is 15.9 Å². The third-order valence-corrected chi connectivity index (χ3v) is 3.50. The Kier molecular flexibility index (Phi) is 6.85. The number of halogens is 1. The van der Waals surface area contributed by atoms with Crippen LogP contribution in [0.2, 0.25) is 5.02 Å². The van der Waals surface area contributed by atoms with Crippen molar-refractivity contribution in [2.75, 3.05) is 27.4 Å². The molecule has 0 aliphatic heterocycles. The first kappa shape index (κ1) is 18.0. The number of methoxy groups -OCH3 is 2. The fourth-order valence-corrected chi connectivity index (χ4v) is 2.25. The molecule has 2 rings (SSSR count). The van der Waals surface area contributed by atoms with Gasteiger partial charge in [-0.3, -0.25) is 4.79 Å². The van der Waals surface area contributed by atoms with Crippen molar-refractivity contribution in [2.45, 2.75) is 0 Å². The molecule has 0 saturated carbocycles. The lowest BCUT2D eigenvalue weighted by Gasteiger charge is -2.11. The van der Waals surface area contributed by atoms with Crippen molar-refractivity contribution in [3.8, 4) is 11.5 Å². The van der Waals surface area contributed by atoms with Crippen molar-refractivity contribution >= 4 is 23.5 Å². The first-order valence-corrected chi connectivity index (χ1v) is 7.79. The van der Waals surface area contributed by atoms with E-state index in [0.717, 1.165) is 5.56 Å². The lowest BCUT2D eigenvalue weighted by atomic mass is 10.1. The van der Waals surface area contributed by atoms with Crippen molar-refractivity contribution in [2.24, 2.45) is 0 Å². The minimum absolute atomic E-state index is 0.128. The van der Waals surface area contributed by atoms with Crippen LogP contribution in [0, 0.1) is 0 Å². The number of rotatable bonds is 8. The molecule has 0 fully saturated rings. The molecule has 0 saturated heterocycles. The summed E-state index contributed by atoms with van der Waals surface area (Å²) < 4.78 is 15.8. The lowest BCUT2D eigenvalue weighted by Crippen LogP contribution is -2.06. The van der Waals surface area contributed by atoms with Gasteiger partial charge in [0.1, 0.15) is 6.61 Å². The highest BCUT2D eigenvalue weighted by Crippen LogP contribution is 2.28. The van der Waals surface area contributed by atoms with Gasteiger partial charge in [-0.2, -0.15) is 0 Å². The van der Waals surface area contributed by atoms with Crippen LogP contribution in [0.4, 0.5) is 0 Å². The first-order valence-electron chi connectivity index (χ1n) is 7.42. The molecule has 0 aliphatic carbocycles. The zero-order valence-corrected chi connectivity index (χ0v) is 14.4. The second-order valence-corrected chi connectivity index (χ2v) is 5.40. The number of allylic oxidation sites excluding steroid dienone is 1. The molecular weight excluding hydrogens is 328 g/mol. The number of ether oxygens (including phenoxy) is 3. The zero-order chi connectivity index (χ0) is 17.4. The number of carbonyl (C=O) groups excluding carboxylic acids is 1. The van der Waals surface area contributed by atoms with Crippen molar-refractivity contribution in [3.63, 3.8) is 0 Å². The van der Waals surface area contributed by atoms with Gasteiger partial charge in [0.2, 0.25) is 0 Å². The van der Waals surface area contributed by atoms with Crippen molar-refractivity contribution in [1.82, 2.24) is 0 Å². The van der Waals surface area contributed by atoms with E-state index >= 15 is 0 Å². The molecule has 0 N–H and O–H groups in total. The summed E-state index contributed by atoms with van der Waals surface area (Å²) in [5, 5.41) is 0.629. The summed E-state index contributed by atoms with van der Waals surface area (Å²) >= 11 is 5.93. The van der Waals surface area contributed by atoms with E-state index in [4.69, 9.17) is 25.8 Å².